The maximum absolute atomic E-state index is 12.0. The molecule has 0 saturated carbocycles. The van der Waals surface area contributed by atoms with Gasteiger partial charge in [-0.3, -0.25) is 4.79 Å². The van der Waals surface area contributed by atoms with Crippen molar-refractivity contribution in [2.24, 2.45) is 5.73 Å². The maximum Gasteiger partial charge on any atom is 0.244 e. The van der Waals surface area contributed by atoms with Crippen LogP contribution in [0, 0.1) is 6.92 Å². The van der Waals surface area contributed by atoms with Gasteiger partial charge in [-0.15, -0.1) is 16.4 Å². The van der Waals surface area contributed by atoms with E-state index in [1.807, 2.05) is 12.3 Å². The van der Waals surface area contributed by atoms with E-state index in [9.17, 15) is 4.79 Å². The third kappa shape index (κ3) is 3.58. The normalized spacial score (nSPS) is 10.7. The van der Waals surface area contributed by atoms with Crippen molar-refractivity contribution in [3.05, 3.63) is 28.0 Å². The quantitative estimate of drug-likeness (QED) is 0.842. The number of thiazole rings is 1. The Balaban J connectivity index is 1.91. The number of aryl methyl sites for hydroxylation is 1. The molecule has 0 bridgehead atoms. The molecule has 19 heavy (non-hydrogen) atoms. The third-order valence-electron chi connectivity index (χ3n) is 2.58. The number of nitrogens with zero attached hydrogens (tertiary/aromatic N) is 5. The summed E-state index contributed by atoms with van der Waals surface area (Å²) in [6.07, 6.45) is 1.68. The molecule has 2 heterocycles. The molecule has 0 aliphatic heterocycles. The second-order valence-corrected chi connectivity index (χ2v) is 5.28. The van der Waals surface area contributed by atoms with E-state index in [0.717, 1.165) is 10.7 Å². The standard InChI is InChI=1S/C11H16N6OS/c1-8-13-10(7-19-8)4-16(2)11(18)6-17-5-9(3-12)14-15-17/h5,7H,3-4,6,12H2,1-2H3. The van der Waals surface area contributed by atoms with E-state index < -0.39 is 0 Å². The lowest BCUT2D eigenvalue weighted by molar-refractivity contribution is -0.131. The van der Waals surface area contributed by atoms with Crippen molar-refractivity contribution >= 4 is 17.2 Å². The first-order valence-corrected chi connectivity index (χ1v) is 6.70. The van der Waals surface area contributed by atoms with Crippen LogP contribution in [0.4, 0.5) is 0 Å². The maximum atomic E-state index is 12.0. The monoisotopic (exact) mass is 280 g/mol. The Morgan fingerprint density at radius 2 is 2.32 bits per heavy atom. The van der Waals surface area contributed by atoms with Crippen molar-refractivity contribution in [2.45, 2.75) is 26.6 Å². The SMILES string of the molecule is Cc1nc(CN(C)C(=O)Cn2cc(CN)nn2)cs1. The number of likely N-dealkylation sites (N-methyl/N-ethyl adjacent to an activating group) is 1. The van der Waals surface area contributed by atoms with Crippen LogP contribution in [0.3, 0.4) is 0 Å². The van der Waals surface area contributed by atoms with Gasteiger partial charge < -0.3 is 10.6 Å². The zero-order valence-corrected chi connectivity index (χ0v) is 11.7. The summed E-state index contributed by atoms with van der Waals surface area (Å²) in [6.45, 7) is 2.93. The Bertz CT molecular complexity index is 563. The fraction of sp³-hybridized carbons (Fsp3) is 0.455. The number of rotatable bonds is 5. The minimum absolute atomic E-state index is 0.0425. The highest BCUT2D eigenvalue weighted by molar-refractivity contribution is 7.09. The Labute approximate surface area is 115 Å². The molecule has 1 amide bonds. The first-order valence-electron chi connectivity index (χ1n) is 5.82. The van der Waals surface area contributed by atoms with Crippen LogP contribution in [-0.2, 0) is 24.4 Å². The van der Waals surface area contributed by atoms with Gasteiger partial charge in [0, 0.05) is 19.0 Å². The van der Waals surface area contributed by atoms with Crippen molar-refractivity contribution in [3.8, 4) is 0 Å². The van der Waals surface area contributed by atoms with Crippen LogP contribution in [-0.4, -0.2) is 37.8 Å². The highest BCUT2D eigenvalue weighted by Crippen LogP contribution is 2.10. The number of aromatic nitrogens is 4. The van der Waals surface area contributed by atoms with Gasteiger partial charge in [0.1, 0.15) is 6.54 Å². The third-order valence-corrected chi connectivity index (χ3v) is 3.41. The lowest BCUT2D eigenvalue weighted by Gasteiger charge is -2.15. The first-order chi connectivity index (χ1) is 9.08. The van der Waals surface area contributed by atoms with Gasteiger partial charge in [-0.2, -0.15) is 0 Å². The summed E-state index contributed by atoms with van der Waals surface area (Å²) in [7, 11) is 1.75. The molecule has 0 radical (unpaired) electrons. The lowest BCUT2D eigenvalue weighted by Crippen LogP contribution is -2.30. The fourth-order valence-corrected chi connectivity index (χ4v) is 2.18. The first kappa shape index (κ1) is 13.6. The number of hydrogen-bond acceptors (Lipinski definition) is 6. The number of carbonyl (C=O) groups excluding carboxylic acids is 1. The van der Waals surface area contributed by atoms with E-state index >= 15 is 0 Å². The van der Waals surface area contributed by atoms with Crippen molar-refractivity contribution in [3.63, 3.8) is 0 Å². The highest BCUT2D eigenvalue weighted by atomic mass is 32.1. The molecular weight excluding hydrogens is 264 g/mol. The number of hydrogen-bond donors (Lipinski definition) is 1. The Morgan fingerprint density at radius 1 is 1.53 bits per heavy atom. The van der Waals surface area contributed by atoms with E-state index in [4.69, 9.17) is 5.73 Å². The van der Waals surface area contributed by atoms with Gasteiger partial charge in [-0.05, 0) is 6.92 Å². The van der Waals surface area contributed by atoms with Crippen LogP contribution in [0.15, 0.2) is 11.6 Å². The van der Waals surface area contributed by atoms with Gasteiger partial charge in [-0.25, -0.2) is 9.67 Å². The molecule has 8 heteroatoms. The average molecular weight is 280 g/mol. The highest BCUT2D eigenvalue weighted by Gasteiger charge is 2.12. The van der Waals surface area contributed by atoms with Crippen LogP contribution in [0.1, 0.15) is 16.4 Å². The van der Waals surface area contributed by atoms with E-state index in [1.165, 1.54) is 4.68 Å². The topological polar surface area (TPSA) is 89.9 Å². The second kappa shape index (κ2) is 5.89. The van der Waals surface area contributed by atoms with Crippen molar-refractivity contribution in [2.75, 3.05) is 7.05 Å². The van der Waals surface area contributed by atoms with Crippen molar-refractivity contribution in [1.29, 1.82) is 0 Å². The lowest BCUT2D eigenvalue weighted by atomic mass is 10.4. The average Bonchev–Trinajstić information content (AvgIpc) is 2.98. The summed E-state index contributed by atoms with van der Waals surface area (Å²) in [4.78, 5) is 18.0. The molecular formula is C11H16N6OS. The largest absolute Gasteiger partial charge is 0.338 e. The molecule has 0 spiro atoms. The zero-order valence-electron chi connectivity index (χ0n) is 10.9. The van der Waals surface area contributed by atoms with E-state index in [1.54, 1.807) is 29.5 Å². The molecule has 0 unspecified atom stereocenters. The molecule has 0 fully saturated rings. The molecule has 2 N–H and O–H groups in total. The molecule has 2 aromatic heterocycles. The van der Waals surface area contributed by atoms with Crippen molar-refractivity contribution < 1.29 is 4.79 Å². The summed E-state index contributed by atoms with van der Waals surface area (Å²) in [6, 6.07) is 0. The molecule has 0 aliphatic carbocycles. The zero-order chi connectivity index (χ0) is 13.8. The van der Waals surface area contributed by atoms with E-state index in [-0.39, 0.29) is 12.5 Å². The predicted molar refractivity (Wildman–Crippen MR) is 71.2 cm³/mol. The summed E-state index contributed by atoms with van der Waals surface area (Å²) >= 11 is 1.58. The predicted octanol–water partition coefficient (Wildman–Crippen LogP) is 0.160. The Morgan fingerprint density at radius 3 is 2.89 bits per heavy atom. The van der Waals surface area contributed by atoms with E-state index in [0.29, 0.717) is 18.8 Å². The van der Waals surface area contributed by atoms with Gasteiger partial charge >= 0.3 is 0 Å². The molecule has 2 rings (SSSR count). The molecule has 0 aromatic carbocycles. The molecule has 102 valence electrons. The van der Waals surface area contributed by atoms with E-state index in [2.05, 4.69) is 15.3 Å². The Hall–Kier alpha value is -1.80. The summed E-state index contributed by atoms with van der Waals surface area (Å²) in [5.41, 5.74) is 7.01. The van der Waals surface area contributed by atoms with Crippen molar-refractivity contribution in [1.82, 2.24) is 24.9 Å². The summed E-state index contributed by atoms with van der Waals surface area (Å²) in [5.74, 6) is -0.0425. The summed E-state index contributed by atoms with van der Waals surface area (Å²) < 4.78 is 1.49. The smallest absolute Gasteiger partial charge is 0.244 e. The molecule has 2 aromatic rings. The fourth-order valence-electron chi connectivity index (χ4n) is 1.58. The number of carbonyl (C=O) groups is 1. The van der Waals surface area contributed by atoms with Crippen LogP contribution in [0.2, 0.25) is 0 Å². The Kier molecular flexibility index (Phi) is 4.23. The van der Waals surface area contributed by atoms with Crippen LogP contribution in [0.5, 0.6) is 0 Å². The summed E-state index contributed by atoms with van der Waals surface area (Å²) in [5, 5.41) is 10.6. The number of nitrogens with two attached hydrogens (primary N) is 1. The van der Waals surface area contributed by atoms with Gasteiger partial charge in [0.15, 0.2) is 0 Å². The van der Waals surface area contributed by atoms with Crippen LogP contribution < -0.4 is 5.73 Å². The van der Waals surface area contributed by atoms with Gasteiger partial charge in [-0.1, -0.05) is 5.21 Å². The minimum atomic E-state index is -0.0425. The van der Waals surface area contributed by atoms with Gasteiger partial charge in [0.25, 0.3) is 0 Å². The van der Waals surface area contributed by atoms with Gasteiger partial charge in [0.2, 0.25) is 5.91 Å². The second-order valence-electron chi connectivity index (χ2n) is 4.22. The molecule has 0 atom stereocenters. The minimum Gasteiger partial charge on any atom is -0.338 e. The van der Waals surface area contributed by atoms with Crippen LogP contribution >= 0.6 is 11.3 Å². The molecule has 0 saturated heterocycles. The van der Waals surface area contributed by atoms with Gasteiger partial charge in [0.05, 0.1) is 29.1 Å². The number of amides is 1. The molecule has 7 nitrogen and oxygen atoms in total. The molecule has 0 aliphatic rings. The van der Waals surface area contributed by atoms with Crippen LogP contribution in [0.25, 0.3) is 0 Å².